The van der Waals surface area contributed by atoms with Crippen LogP contribution in [0.3, 0.4) is 0 Å². The van der Waals surface area contributed by atoms with Crippen LogP contribution in [0.5, 0.6) is 0 Å². The van der Waals surface area contributed by atoms with Crippen molar-refractivity contribution in [3.05, 3.63) is 60.7 Å². The largest absolute Gasteiger partial charge is 0.463 e. The van der Waals surface area contributed by atoms with Gasteiger partial charge < -0.3 is 34.3 Å². The van der Waals surface area contributed by atoms with E-state index < -0.39 is 73.2 Å². The van der Waals surface area contributed by atoms with Crippen molar-refractivity contribution < 1.29 is 52.5 Å². The van der Waals surface area contributed by atoms with E-state index in [-0.39, 0.29) is 5.69 Å². The van der Waals surface area contributed by atoms with Crippen LogP contribution >= 0.6 is 0 Å². The van der Waals surface area contributed by atoms with Crippen LogP contribution in [0.1, 0.15) is 27.7 Å². The number of ether oxygens (including phenoxy) is 5. The van der Waals surface area contributed by atoms with Gasteiger partial charge in [0.25, 0.3) is 0 Å². The predicted octanol–water partition coefficient (Wildman–Crippen LogP) is 2.52. The molecule has 5 atom stereocenters. The Morgan fingerprint density at radius 3 is 1.76 bits per heavy atom. The van der Waals surface area contributed by atoms with Gasteiger partial charge in [-0.1, -0.05) is 36.4 Å². The molecule has 4 amide bonds. The van der Waals surface area contributed by atoms with Crippen LogP contribution in [0.2, 0.25) is 0 Å². The van der Waals surface area contributed by atoms with Gasteiger partial charge in [-0.25, -0.2) is 14.5 Å². The van der Waals surface area contributed by atoms with Crippen LogP contribution in [-0.4, -0.2) is 73.2 Å². The van der Waals surface area contributed by atoms with Gasteiger partial charge in [-0.05, 0) is 24.3 Å². The van der Waals surface area contributed by atoms with Gasteiger partial charge in [0.1, 0.15) is 12.7 Å². The highest BCUT2D eigenvalue weighted by atomic mass is 16.7. The molecule has 0 saturated carbocycles. The minimum Gasteiger partial charge on any atom is -0.463 e. The van der Waals surface area contributed by atoms with Gasteiger partial charge in [-0.15, -0.1) is 0 Å². The lowest BCUT2D eigenvalue weighted by Gasteiger charge is -2.44. The summed E-state index contributed by atoms with van der Waals surface area (Å²) in [4.78, 5) is 75.4. The lowest BCUT2D eigenvalue weighted by atomic mass is 9.97. The third-order valence-corrected chi connectivity index (χ3v) is 5.70. The average Bonchev–Trinajstić information content (AvgIpc) is 2.91. The summed E-state index contributed by atoms with van der Waals surface area (Å²) in [6, 6.07) is 14.5. The third kappa shape index (κ3) is 8.76. The van der Waals surface area contributed by atoms with Gasteiger partial charge in [0.05, 0.1) is 5.69 Å². The van der Waals surface area contributed by atoms with Crippen LogP contribution in [0, 0.1) is 0 Å². The number of nitrogens with one attached hydrogen (secondary N) is 2. The van der Waals surface area contributed by atoms with Crippen LogP contribution in [0.4, 0.5) is 21.0 Å². The molecule has 1 heterocycles. The van der Waals surface area contributed by atoms with Gasteiger partial charge in [0.15, 0.2) is 24.5 Å². The number of nitrogens with zero attached hydrogens (tertiary/aromatic N) is 1. The Morgan fingerprint density at radius 1 is 0.690 bits per heavy atom. The van der Waals surface area contributed by atoms with E-state index in [1.807, 2.05) is 0 Å². The van der Waals surface area contributed by atoms with E-state index in [1.165, 1.54) is 12.1 Å². The van der Waals surface area contributed by atoms with Crippen LogP contribution in [0.25, 0.3) is 0 Å². The normalized spacial score (nSPS) is 21.2. The number of amides is 4. The minimum atomic E-state index is -1.58. The molecule has 3 rings (SSSR count). The molecule has 1 aliphatic heterocycles. The first kappa shape index (κ1) is 31.5. The van der Waals surface area contributed by atoms with E-state index in [1.54, 1.807) is 48.5 Å². The van der Waals surface area contributed by atoms with Crippen molar-refractivity contribution in [2.24, 2.45) is 0 Å². The number of carbonyl (C=O) groups excluding carboxylic acids is 6. The zero-order valence-corrected chi connectivity index (χ0v) is 23.3. The quantitative estimate of drug-likeness (QED) is 0.344. The van der Waals surface area contributed by atoms with Gasteiger partial charge in [-0.3, -0.25) is 19.2 Å². The average molecular weight is 586 g/mol. The maximum absolute atomic E-state index is 13.7. The van der Waals surface area contributed by atoms with Crippen LogP contribution < -0.4 is 15.5 Å². The SMILES string of the molecule is CC(=O)OC[C@H]1O[C@@H](NC(=O)N(C(=O)Nc2ccccc2)c2ccccc2)[C@H](OC(C)=O)[C@@H](OC(C)=O)[C@@H]1OC(C)=O. The Bertz CT molecular complexity index is 1290. The van der Waals surface area contributed by atoms with Crippen LogP contribution in [-0.2, 0) is 42.9 Å². The lowest BCUT2D eigenvalue weighted by molar-refractivity contribution is -0.255. The Labute approximate surface area is 241 Å². The fraction of sp³-hybridized carbons (Fsp3) is 0.357. The number of urea groups is 2. The Kier molecular flexibility index (Phi) is 11.0. The molecule has 2 N–H and O–H groups in total. The molecule has 0 aliphatic carbocycles. The molecular weight excluding hydrogens is 554 g/mol. The smallest absolute Gasteiger partial charge is 0.334 e. The molecule has 1 saturated heterocycles. The molecule has 2 aromatic carbocycles. The first-order valence-corrected chi connectivity index (χ1v) is 12.8. The van der Waals surface area contributed by atoms with E-state index in [2.05, 4.69) is 10.6 Å². The summed E-state index contributed by atoms with van der Waals surface area (Å²) in [6.07, 6.45) is -7.33. The van der Waals surface area contributed by atoms with E-state index in [0.717, 1.165) is 32.6 Å². The second-order valence-corrected chi connectivity index (χ2v) is 9.04. The molecule has 1 fully saturated rings. The van der Waals surface area contributed by atoms with E-state index in [9.17, 15) is 28.8 Å². The number of hydrogen-bond acceptors (Lipinski definition) is 11. The second kappa shape index (κ2) is 14.6. The Morgan fingerprint density at radius 2 is 1.21 bits per heavy atom. The van der Waals surface area contributed by atoms with E-state index >= 15 is 0 Å². The van der Waals surface area contributed by atoms with Gasteiger partial charge in [0, 0.05) is 33.4 Å². The number of anilines is 2. The van der Waals surface area contributed by atoms with Gasteiger partial charge >= 0.3 is 35.9 Å². The summed E-state index contributed by atoms with van der Waals surface area (Å²) in [5, 5.41) is 5.11. The van der Waals surface area contributed by atoms with Crippen molar-refractivity contribution >= 4 is 47.3 Å². The van der Waals surface area contributed by atoms with Crippen molar-refractivity contribution in [2.45, 2.75) is 58.3 Å². The van der Waals surface area contributed by atoms with Crippen LogP contribution in [0.15, 0.2) is 60.7 Å². The molecule has 2 aromatic rings. The van der Waals surface area contributed by atoms with Gasteiger partial charge in [-0.2, -0.15) is 0 Å². The van der Waals surface area contributed by atoms with E-state index in [4.69, 9.17) is 23.7 Å². The zero-order valence-electron chi connectivity index (χ0n) is 23.3. The van der Waals surface area contributed by atoms with Crippen molar-refractivity contribution in [3.63, 3.8) is 0 Å². The Balaban J connectivity index is 2.00. The number of rotatable bonds is 8. The molecule has 14 heteroatoms. The molecule has 0 spiro atoms. The summed E-state index contributed by atoms with van der Waals surface area (Å²) < 4.78 is 27.0. The highest BCUT2D eigenvalue weighted by molar-refractivity contribution is 6.18. The number of hydrogen-bond donors (Lipinski definition) is 2. The molecular formula is C28H31N3O11. The molecule has 42 heavy (non-hydrogen) atoms. The number of esters is 4. The van der Waals surface area contributed by atoms with Crippen molar-refractivity contribution in [1.29, 1.82) is 0 Å². The fourth-order valence-electron chi connectivity index (χ4n) is 4.14. The summed E-state index contributed by atoms with van der Waals surface area (Å²) in [7, 11) is 0. The highest BCUT2D eigenvalue weighted by Gasteiger charge is 2.53. The predicted molar refractivity (Wildman–Crippen MR) is 145 cm³/mol. The highest BCUT2D eigenvalue weighted by Crippen LogP contribution is 2.29. The van der Waals surface area contributed by atoms with Gasteiger partial charge in [0.2, 0.25) is 0 Å². The van der Waals surface area contributed by atoms with Crippen molar-refractivity contribution in [2.75, 3.05) is 16.8 Å². The molecule has 0 radical (unpaired) electrons. The summed E-state index contributed by atoms with van der Waals surface area (Å²) in [5.41, 5.74) is 0.581. The molecule has 0 bridgehead atoms. The molecule has 14 nitrogen and oxygen atoms in total. The Hall–Kier alpha value is -4.98. The topological polar surface area (TPSA) is 176 Å². The van der Waals surface area contributed by atoms with Crippen molar-refractivity contribution in [3.8, 4) is 0 Å². The zero-order chi connectivity index (χ0) is 30.8. The standard InChI is InChI=1S/C28H31N3O11/c1-16(32)38-15-22-23(39-17(2)33)24(40-18(3)34)25(41-19(4)35)26(42-22)30-28(37)31(21-13-9-6-10-14-21)27(36)29-20-11-7-5-8-12-20/h5-14,22-26H,15H2,1-4H3,(H,29,36)(H,30,37)/t22-,23-,24+,25-,26-/m1/s1. The number of para-hydroxylation sites is 2. The fourth-order valence-corrected chi connectivity index (χ4v) is 4.14. The number of carbonyl (C=O) groups is 6. The molecule has 1 aliphatic rings. The van der Waals surface area contributed by atoms with E-state index in [0.29, 0.717) is 5.69 Å². The summed E-state index contributed by atoms with van der Waals surface area (Å²) in [5.74, 6) is -3.17. The third-order valence-electron chi connectivity index (χ3n) is 5.70. The first-order valence-electron chi connectivity index (χ1n) is 12.8. The van der Waals surface area contributed by atoms with Crippen molar-refractivity contribution in [1.82, 2.24) is 5.32 Å². The number of imide groups is 1. The minimum absolute atomic E-state index is 0.175. The second-order valence-electron chi connectivity index (χ2n) is 9.04. The number of benzene rings is 2. The monoisotopic (exact) mass is 585 g/mol. The lowest BCUT2D eigenvalue weighted by Crippen LogP contribution is -2.67. The molecule has 0 aromatic heterocycles. The summed E-state index contributed by atoms with van der Waals surface area (Å²) in [6.45, 7) is 3.88. The first-order chi connectivity index (χ1) is 20.0. The maximum Gasteiger partial charge on any atom is 0.334 e. The maximum atomic E-state index is 13.7. The summed E-state index contributed by atoms with van der Waals surface area (Å²) >= 11 is 0. The molecule has 0 unspecified atom stereocenters. The molecule has 224 valence electrons.